The molecule has 0 aliphatic heterocycles. The number of nitrogens with zero attached hydrogens (tertiary/aromatic N) is 4. The Morgan fingerprint density at radius 1 is 1.18 bits per heavy atom. The lowest BCUT2D eigenvalue weighted by atomic mass is 9.52. The van der Waals surface area contributed by atoms with Crippen molar-refractivity contribution in [2.45, 2.75) is 49.5 Å². The standard InChI is InChI=1S/C22H27B3N6O2/c1-21(32)7-4-14(5-8-21)28-20-29-18-17(19(30-20)33-22(23,24)25)15(11-26-18)12-2-3-16-13(10-12)6-9-27-31-16/h2-3,6,9-11,14,32H,4-5,7-8,23-25H2,1H3,(H2,26,28,29,30)/t14-,21-. The van der Waals surface area contributed by atoms with Crippen LogP contribution in [0.2, 0.25) is 0 Å². The van der Waals surface area contributed by atoms with Crippen molar-refractivity contribution < 1.29 is 9.84 Å². The summed E-state index contributed by atoms with van der Waals surface area (Å²) in [6, 6.07) is 8.26. The number of benzene rings is 1. The molecule has 8 nitrogen and oxygen atoms in total. The maximum absolute atomic E-state index is 10.3. The van der Waals surface area contributed by atoms with E-state index in [2.05, 4.69) is 26.6 Å². The Bertz CT molecular complexity index is 1310. The number of aromatic amines is 1. The predicted molar refractivity (Wildman–Crippen MR) is 138 cm³/mol. The third kappa shape index (κ3) is 4.69. The van der Waals surface area contributed by atoms with Crippen LogP contribution in [0, 0.1) is 0 Å². The number of hydrogen-bond acceptors (Lipinski definition) is 7. The first-order valence-corrected chi connectivity index (χ1v) is 11.5. The van der Waals surface area contributed by atoms with Crippen molar-refractivity contribution in [3.63, 3.8) is 0 Å². The molecule has 0 amide bonds. The number of H-pyrrole nitrogens is 1. The van der Waals surface area contributed by atoms with Crippen LogP contribution in [0.15, 0.2) is 36.7 Å². The van der Waals surface area contributed by atoms with Gasteiger partial charge in [0.15, 0.2) is 0 Å². The fourth-order valence-electron chi connectivity index (χ4n) is 4.38. The minimum Gasteiger partial charge on any atom is -0.498 e. The molecule has 1 aromatic carbocycles. The van der Waals surface area contributed by atoms with E-state index in [1.54, 1.807) is 6.20 Å². The molecule has 166 valence electrons. The van der Waals surface area contributed by atoms with Gasteiger partial charge in [-0.05, 0) is 56.4 Å². The molecule has 33 heavy (non-hydrogen) atoms. The van der Waals surface area contributed by atoms with E-state index >= 15 is 0 Å². The van der Waals surface area contributed by atoms with Crippen LogP contribution < -0.4 is 10.1 Å². The molecule has 1 fully saturated rings. The van der Waals surface area contributed by atoms with Crippen LogP contribution in [-0.4, -0.2) is 70.7 Å². The summed E-state index contributed by atoms with van der Waals surface area (Å²) in [5.41, 5.74) is 2.99. The molecule has 0 atom stereocenters. The summed E-state index contributed by atoms with van der Waals surface area (Å²) in [7, 11) is 6.04. The lowest BCUT2D eigenvalue weighted by Crippen LogP contribution is -2.38. The fourth-order valence-corrected chi connectivity index (χ4v) is 4.38. The van der Waals surface area contributed by atoms with Gasteiger partial charge < -0.3 is 20.1 Å². The summed E-state index contributed by atoms with van der Waals surface area (Å²) in [4.78, 5) is 12.9. The minimum absolute atomic E-state index is 0.223. The molecular weight excluding hydrogens is 413 g/mol. The molecule has 0 bridgehead atoms. The summed E-state index contributed by atoms with van der Waals surface area (Å²) in [5.74, 6) is 1.08. The number of nitrogens with one attached hydrogen (secondary N) is 2. The second-order valence-corrected chi connectivity index (χ2v) is 10.2. The van der Waals surface area contributed by atoms with Crippen molar-refractivity contribution in [2.24, 2.45) is 0 Å². The molecule has 1 saturated carbocycles. The Morgan fingerprint density at radius 3 is 2.73 bits per heavy atom. The molecule has 0 unspecified atom stereocenters. The van der Waals surface area contributed by atoms with E-state index in [0.717, 1.165) is 58.7 Å². The van der Waals surface area contributed by atoms with Crippen molar-refractivity contribution in [2.75, 3.05) is 5.32 Å². The first-order chi connectivity index (χ1) is 15.7. The van der Waals surface area contributed by atoms with Crippen LogP contribution in [0.4, 0.5) is 5.95 Å². The highest BCUT2D eigenvalue weighted by Gasteiger charge is 2.29. The first-order valence-electron chi connectivity index (χ1n) is 11.5. The number of hydrogen-bond donors (Lipinski definition) is 3. The SMILES string of the molecule is BC(B)(B)Oc1nc(N[C@H]2CC[C@](C)(O)CC2)nc2[nH]cc(-c3ccc4nnccc4c3)c12. The molecular formula is C22H27B3N6O2. The van der Waals surface area contributed by atoms with Gasteiger partial charge in [0.2, 0.25) is 11.8 Å². The highest BCUT2D eigenvalue weighted by Crippen LogP contribution is 2.37. The molecule has 5 rings (SSSR count). The van der Waals surface area contributed by atoms with E-state index in [4.69, 9.17) is 14.7 Å². The van der Waals surface area contributed by atoms with Crippen molar-refractivity contribution in [3.8, 4) is 17.0 Å². The van der Waals surface area contributed by atoms with Crippen molar-refractivity contribution >= 4 is 51.4 Å². The van der Waals surface area contributed by atoms with Crippen LogP contribution in [0.25, 0.3) is 33.1 Å². The summed E-state index contributed by atoms with van der Waals surface area (Å²) >= 11 is 0. The number of fused-ring (bicyclic) bond motifs is 2. The topological polar surface area (TPSA) is 109 Å². The molecule has 0 spiro atoms. The maximum atomic E-state index is 10.3. The largest absolute Gasteiger partial charge is 0.498 e. The van der Waals surface area contributed by atoms with E-state index in [-0.39, 0.29) is 6.04 Å². The van der Waals surface area contributed by atoms with Gasteiger partial charge >= 0.3 is 0 Å². The van der Waals surface area contributed by atoms with Gasteiger partial charge in [-0.25, -0.2) is 0 Å². The molecule has 0 radical (unpaired) electrons. The Labute approximate surface area is 195 Å². The second kappa shape index (κ2) is 8.06. The third-order valence-electron chi connectivity index (χ3n) is 6.12. The van der Waals surface area contributed by atoms with Crippen LogP contribution in [0.5, 0.6) is 5.88 Å². The fraction of sp³-hybridized carbons (Fsp3) is 0.364. The lowest BCUT2D eigenvalue weighted by Gasteiger charge is -2.33. The lowest BCUT2D eigenvalue weighted by molar-refractivity contribution is 0.0195. The summed E-state index contributed by atoms with van der Waals surface area (Å²) in [5, 5.41) is 23.3. The Hall–Kier alpha value is -3.07. The van der Waals surface area contributed by atoms with E-state index in [1.807, 2.05) is 54.9 Å². The average molecular weight is 440 g/mol. The summed E-state index contributed by atoms with van der Waals surface area (Å²) < 4.78 is 6.31. The van der Waals surface area contributed by atoms with Gasteiger partial charge in [-0.2, -0.15) is 20.2 Å². The number of anilines is 1. The highest BCUT2D eigenvalue weighted by molar-refractivity contribution is 6.58. The monoisotopic (exact) mass is 440 g/mol. The Kier molecular flexibility index (Phi) is 5.31. The molecule has 4 aromatic rings. The molecule has 3 heterocycles. The molecule has 1 aliphatic carbocycles. The zero-order chi connectivity index (χ0) is 23.2. The van der Waals surface area contributed by atoms with Crippen molar-refractivity contribution in [1.82, 2.24) is 25.1 Å². The van der Waals surface area contributed by atoms with Crippen LogP contribution in [0.1, 0.15) is 32.6 Å². The number of aromatic nitrogens is 5. The molecule has 3 aromatic heterocycles. The van der Waals surface area contributed by atoms with Crippen LogP contribution >= 0.6 is 0 Å². The van der Waals surface area contributed by atoms with E-state index in [0.29, 0.717) is 11.8 Å². The van der Waals surface area contributed by atoms with E-state index in [9.17, 15) is 5.11 Å². The third-order valence-corrected chi connectivity index (χ3v) is 6.12. The van der Waals surface area contributed by atoms with Gasteiger partial charge in [0, 0.05) is 28.5 Å². The maximum Gasteiger partial charge on any atom is 0.228 e. The molecule has 3 N–H and O–H groups in total. The Balaban J connectivity index is 1.55. The zero-order valence-corrected chi connectivity index (χ0v) is 19.5. The van der Waals surface area contributed by atoms with E-state index < -0.39 is 10.9 Å². The van der Waals surface area contributed by atoms with Crippen molar-refractivity contribution in [1.29, 1.82) is 0 Å². The minimum atomic E-state index is -0.580. The predicted octanol–water partition coefficient (Wildman–Crippen LogP) is 0.563. The van der Waals surface area contributed by atoms with Crippen molar-refractivity contribution in [3.05, 3.63) is 36.7 Å². The smallest absolute Gasteiger partial charge is 0.228 e. The number of ether oxygens (including phenoxy) is 1. The van der Waals surface area contributed by atoms with Crippen LogP contribution in [0.3, 0.4) is 0 Å². The van der Waals surface area contributed by atoms with Gasteiger partial charge in [-0.15, -0.1) is 0 Å². The summed E-state index contributed by atoms with van der Waals surface area (Å²) in [6.45, 7) is 1.90. The first kappa shape index (κ1) is 21.8. The second-order valence-electron chi connectivity index (χ2n) is 10.2. The van der Waals surface area contributed by atoms with Gasteiger partial charge in [0.1, 0.15) is 29.2 Å². The Morgan fingerprint density at radius 2 is 1.97 bits per heavy atom. The molecule has 0 saturated heterocycles. The molecule has 1 aliphatic rings. The average Bonchev–Trinajstić information content (AvgIpc) is 3.18. The normalized spacial score (nSPS) is 21.3. The van der Waals surface area contributed by atoms with E-state index in [1.165, 1.54) is 0 Å². The number of rotatable bonds is 5. The quantitative estimate of drug-likeness (QED) is 0.390. The summed E-state index contributed by atoms with van der Waals surface area (Å²) in [6.07, 6.45) is 6.92. The number of aliphatic hydroxyl groups is 1. The van der Waals surface area contributed by atoms with Gasteiger partial charge in [-0.1, -0.05) is 6.07 Å². The van der Waals surface area contributed by atoms with Gasteiger partial charge in [0.05, 0.1) is 22.7 Å². The van der Waals surface area contributed by atoms with Crippen LogP contribution in [-0.2, 0) is 0 Å². The zero-order valence-electron chi connectivity index (χ0n) is 19.5. The van der Waals surface area contributed by atoms with Gasteiger partial charge in [-0.3, -0.25) is 0 Å². The molecule has 11 heteroatoms. The van der Waals surface area contributed by atoms with Gasteiger partial charge in [0.25, 0.3) is 0 Å². The highest BCUT2D eigenvalue weighted by atomic mass is 16.5.